The van der Waals surface area contributed by atoms with Gasteiger partial charge in [-0.05, 0) is 64.7 Å². The van der Waals surface area contributed by atoms with E-state index in [1.807, 2.05) is 0 Å². The summed E-state index contributed by atoms with van der Waals surface area (Å²) in [6.45, 7) is 5.19. The van der Waals surface area contributed by atoms with Gasteiger partial charge >= 0.3 is 0 Å². The summed E-state index contributed by atoms with van der Waals surface area (Å²) in [6.07, 6.45) is 5.60. The summed E-state index contributed by atoms with van der Waals surface area (Å²) in [5.41, 5.74) is 5.17. The Balaban J connectivity index is 1.70. The molecule has 2 fully saturated rings. The summed E-state index contributed by atoms with van der Waals surface area (Å²) >= 11 is 0. The van der Waals surface area contributed by atoms with Crippen molar-refractivity contribution in [3.8, 4) is 0 Å². The van der Waals surface area contributed by atoms with Crippen LogP contribution in [0.1, 0.15) is 32.1 Å². The zero-order valence-corrected chi connectivity index (χ0v) is 12.6. The first-order valence-corrected chi connectivity index (χ1v) is 7.83. The summed E-state index contributed by atoms with van der Waals surface area (Å²) in [5.74, 6) is 1.23. The SMILES string of the molecule is CN1CCC(CN(C)CCC2CCCC2(O)CN)C1. The molecule has 3 N–H and O–H groups in total. The van der Waals surface area contributed by atoms with E-state index in [1.165, 1.54) is 26.1 Å². The first kappa shape index (κ1) is 15.2. The second kappa shape index (κ2) is 6.53. The topological polar surface area (TPSA) is 52.7 Å². The zero-order valence-electron chi connectivity index (χ0n) is 12.6. The quantitative estimate of drug-likeness (QED) is 0.747. The van der Waals surface area contributed by atoms with Gasteiger partial charge in [-0.25, -0.2) is 0 Å². The van der Waals surface area contributed by atoms with E-state index in [4.69, 9.17) is 5.73 Å². The largest absolute Gasteiger partial charge is 0.388 e. The Morgan fingerprint density at radius 1 is 1.42 bits per heavy atom. The average molecular weight is 269 g/mol. The lowest BCUT2D eigenvalue weighted by Gasteiger charge is -2.30. The van der Waals surface area contributed by atoms with Crippen LogP contribution in [-0.2, 0) is 0 Å². The molecule has 19 heavy (non-hydrogen) atoms. The van der Waals surface area contributed by atoms with Crippen molar-refractivity contribution in [2.45, 2.75) is 37.7 Å². The second-order valence-corrected chi connectivity index (χ2v) is 6.86. The van der Waals surface area contributed by atoms with Crippen LogP contribution < -0.4 is 5.73 Å². The van der Waals surface area contributed by atoms with Crippen LogP contribution in [0.15, 0.2) is 0 Å². The Morgan fingerprint density at radius 3 is 2.84 bits per heavy atom. The molecule has 0 aromatic heterocycles. The van der Waals surface area contributed by atoms with Crippen LogP contribution in [0.25, 0.3) is 0 Å². The number of rotatable bonds is 6. The highest BCUT2D eigenvalue weighted by Crippen LogP contribution is 2.37. The van der Waals surface area contributed by atoms with Crippen LogP contribution in [0.4, 0.5) is 0 Å². The summed E-state index contributed by atoms with van der Waals surface area (Å²) in [6, 6.07) is 0. The molecule has 1 aliphatic heterocycles. The number of likely N-dealkylation sites (tertiary alicyclic amines) is 1. The standard InChI is InChI=1S/C15H31N3O/c1-17-8-5-13(10-17)11-18(2)9-6-14-4-3-7-15(14,19)12-16/h13-14,19H,3-12,16H2,1-2H3. The number of hydrogen-bond donors (Lipinski definition) is 2. The third-order valence-electron chi connectivity index (χ3n) is 5.19. The molecule has 0 amide bonds. The van der Waals surface area contributed by atoms with Gasteiger partial charge < -0.3 is 20.6 Å². The summed E-state index contributed by atoms with van der Waals surface area (Å²) in [7, 11) is 4.43. The summed E-state index contributed by atoms with van der Waals surface area (Å²) in [5, 5.41) is 10.4. The van der Waals surface area contributed by atoms with E-state index in [0.29, 0.717) is 12.5 Å². The number of nitrogens with zero attached hydrogens (tertiary/aromatic N) is 2. The molecule has 1 aliphatic carbocycles. The first-order valence-electron chi connectivity index (χ1n) is 7.83. The van der Waals surface area contributed by atoms with Crippen LogP contribution in [-0.4, -0.2) is 67.3 Å². The monoisotopic (exact) mass is 269 g/mol. The smallest absolute Gasteiger partial charge is 0.0797 e. The van der Waals surface area contributed by atoms with Gasteiger partial charge in [-0.15, -0.1) is 0 Å². The minimum absolute atomic E-state index is 0.409. The van der Waals surface area contributed by atoms with Gasteiger partial charge in [-0.2, -0.15) is 0 Å². The fourth-order valence-corrected chi connectivity index (χ4v) is 3.89. The Bertz CT molecular complexity index is 287. The van der Waals surface area contributed by atoms with Crippen molar-refractivity contribution in [1.82, 2.24) is 9.80 Å². The molecule has 4 nitrogen and oxygen atoms in total. The highest BCUT2D eigenvalue weighted by molar-refractivity contribution is 4.93. The maximum Gasteiger partial charge on any atom is 0.0797 e. The molecule has 0 radical (unpaired) electrons. The van der Waals surface area contributed by atoms with Gasteiger partial charge in [0.1, 0.15) is 0 Å². The van der Waals surface area contributed by atoms with Gasteiger partial charge in [0, 0.05) is 19.6 Å². The molecular weight excluding hydrogens is 238 g/mol. The summed E-state index contributed by atoms with van der Waals surface area (Å²) in [4.78, 5) is 4.86. The van der Waals surface area contributed by atoms with E-state index in [1.54, 1.807) is 0 Å². The average Bonchev–Trinajstić information content (AvgIpc) is 2.94. The van der Waals surface area contributed by atoms with Crippen molar-refractivity contribution in [1.29, 1.82) is 0 Å². The highest BCUT2D eigenvalue weighted by atomic mass is 16.3. The van der Waals surface area contributed by atoms with Crippen molar-refractivity contribution in [2.24, 2.45) is 17.6 Å². The molecule has 0 bridgehead atoms. The Labute approximate surface area is 117 Å². The molecule has 1 heterocycles. The molecule has 3 atom stereocenters. The lowest BCUT2D eigenvalue weighted by Crippen LogP contribution is -2.42. The molecule has 112 valence electrons. The number of aliphatic hydroxyl groups is 1. The Morgan fingerprint density at radius 2 is 2.21 bits per heavy atom. The van der Waals surface area contributed by atoms with E-state index < -0.39 is 5.60 Å². The predicted octanol–water partition coefficient (Wildman–Crippen LogP) is 0.750. The minimum Gasteiger partial charge on any atom is -0.388 e. The lowest BCUT2D eigenvalue weighted by atomic mass is 9.88. The van der Waals surface area contributed by atoms with E-state index >= 15 is 0 Å². The predicted molar refractivity (Wildman–Crippen MR) is 79.1 cm³/mol. The second-order valence-electron chi connectivity index (χ2n) is 6.86. The Hall–Kier alpha value is -0.160. The lowest BCUT2D eigenvalue weighted by molar-refractivity contribution is 0.00502. The van der Waals surface area contributed by atoms with Crippen molar-refractivity contribution in [3.63, 3.8) is 0 Å². The number of nitrogens with two attached hydrogens (primary N) is 1. The van der Waals surface area contributed by atoms with Crippen molar-refractivity contribution >= 4 is 0 Å². The molecule has 0 spiro atoms. The molecule has 1 saturated heterocycles. The fraction of sp³-hybridized carbons (Fsp3) is 1.00. The van der Waals surface area contributed by atoms with Gasteiger partial charge in [0.15, 0.2) is 0 Å². The van der Waals surface area contributed by atoms with Crippen LogP contribution in [0.5, 0.6) is 0 Å². The van der Waals surface area contributed by atoms with Gasteiger partial charge in [0.2, 0.25) is 0 Å². The highest BCUT2D eigenvalue weighted by Gasteiger charge is 2.39. The van der Waals surface area contributed by atoms with E-state index in [9.17, 15) is 5.11 Å². The molecule has 0 aromatic rings. The van der Waals surface area contributed by atoms with E-state index in [-0.39, 0.29) is 0 Å². The van der Waals surface area contributed by atoms with Gasteiger partial charge in [0.05, 0.1) is 5.60 Å². The third kappa shape index (κ3) is 3.91. The van der Waals surface area contributed by atoms with Crippen molar-refractivity contribution in [3.05, 3.63) is 0 Å². The van der Waals surface area contributed by atoms with Crippen LogP contribution in [0, 0.1) is 11.8 Å². The van der Waals surface area contributed by atoms with Gasteiger partial charge in [0.25, 0.3) is 0 Å². The van der Waals surface area contributed by atoms with Crippen molar-refractivity contribution in [2.75, 3.05) is 46.8 Å². The van der Waals surface area contributed by atoms with E-state index in [0.717, 1.165) is 38.1 Å². The normalized spacial score (nSPS) is 36.5. The molecule has 3 unspecified atom stereocenters. The van der Waals surface area contributed by atoms with Crippen LogP contribution >= 0.6 is 0 Å². The maximum atomic E-state index is 10.4. The van der Waals surface area contributed by atoms with Crippen LogP contribution in [0.3, 0.4) is 0 Å². The molecule has 2 rings (SSSR count). The first-order chi connectivity index (χ1) is 9.03. The molecular formula is C15H31N3O. The van der Waals surface area contributed by atoms with E-state index in [2.05, 4.69) is 23.9 Å². The molecule has 4 heteroatoms. The number of hydrogen-bond acceptors (Lipinski definition) is 4. The zero-order chi connectivity index (χ0) is 13.9. The van der Waals surface area contributed by atoms with Crippen LogP contribution in [0.2, 0.25) is 0 Å². The molecule has 0 aromatic carbocycles. The maximum absolute atomic E-state index is 10.4. The summed E-state index contributed by atoms with van der Waals surface area (Å²) < 4.78 is 0. The Kier molecular flexibility index (Phi) is 5.23. The fourth-order valence-electron chi connectivity index (χ4n) is 3.89. The minimum atomic E-state index is -0.575. The molecule has 1 saturated carbocycles. The van der Waals surface area contributed by atoms with Crippen molar-refractivity contribution < 1.29 is 5.11 Å². The molecule has 2 aliphatic rings. The van der Waals surface area contributed by atoms with Gasteiger partial charge in [-0.1, -0.05) is 6.42 Å². The third-order valence-corrected chi connectivity index (χ3v) is 5.19. The van der Waals surface area contributed by atoms with Gasteiger partial charge in [-0.3, -0.25) is 0 Å².